The number of rotatable bonds is 13. The summed E-state index contributed by atoms with van der Waals surface area (Å²) in [5, 5.41) is 15.8. The van der Waals surface area contributed by atoms with Crippen LogP contribution in [-0.4, -0.2) is 59.4 Å². The fraction of sp³-hybridized carbons (Fsp3) is 0.476. The Morgan fingerprint density at radius 1 is 0.938 bits per heavy atom. The van der Waals surface area contributed by atoms with E-state index in [0.717, 1.165) is 5.56 Å². The van der Waals surface area contributed by atoms with Crippen molar-refractivity contribution in [3.05, 3.63) is 35.9 Å². The monoisotopic (exact) mass is 449 g/mol. The molecule has 4 amide bonds. The highest BCUT2D eigenvalue weighted by Crippen LogP contribution is 2.07. The summed E-state index contributed by atoms with van der Waals surface area (Å²) in [6.45, 7) is 3.12. The number of carbonyl (C=O) groups is 5. The van der Waals surface area contributed by atoms with Crippen molar-refractivity contribution < 1.29 is 29.1 Å². The Morgan fingerprint density at radius 2 is 1.53 bits per heavy atom. The van der Waals surface area contributed by atoms with Crippen LogP contribution in [0.4, 0.5) is 0 Å². The van der Waals surface area contributed by atoms with Gasteiger partial charge in [-0.05, 0) is 17.9 Å². The molecule has 1 aromatic carbocycles. The molecule has 8 N–H and O–H groups in total. The summed E-state index contributed by atoms with van der Waals surface area (Å²) < 4.78 is 0. The highest BCUT2D eigenvalue weighted by atomic mass is 16.4. The number of primary amides is 1. The third-order valence-corrected chi connectivity index (χ3v) is 4.43. The number of nitrogens with two attached hydrogens (primary N) is 2. The lowest BCUT2D eigenvalue weighted by atomic mass is 10.0. The van der Waals surface area contributed by atoms with E-state index < -0.39 is 60.7 Å². The van der Waals surface area contributed by atoms with E-state index in [1.165, 1.54) is 0 Å². The zero-order valence-corrected chi connectivity index (χ0v) is 18.2. The second-order valence-corrected chi connectivity index (χ2v) is 7.83. The van der Waals surface area contributed by atoms with Gasteiger partial charge in [-0.2, -0.15) is 0 Å². The van der Waals surface area contributed by atoms with Gasteiger partial charge in [-0.25, -0.2) is 0 Å². The van der Waals surface area contributed by atoms with E-state index in [0.29, 0.717) is 6.42 Å². The van der Waals surface area contributed by atoms with Gasteiger partial charge in [0.15, 0.2) is 0 Å². The van der Waals surface area contributed by atoms with Gasteiger partial charge in [-0.15, -0.1) is 0 Å². The van der Waals surface area contributed by atoms with Crippen LogP contribution in [0.15, 0.2) is 30.3 Å². The molecule has 32 heavy (non-hydrogen) atoms. The SMILES string of the molecule is CC(C)CC(N)C(=O)NC(Cc1ccccc1)C(=O)NC(CC(N)=O)C(=O)NCC(=O)O. The average molecular weight is 450 g/mol. The molecular weight excluding hydrogens is 418 g/mol. The van der Waals surface area contributed by atoms with Crippen molar-refractivity contribution in [2.75, 3.05) is 6.54 Å². The summed E-state index contributed by atoms with van der Waals surface area (Å²) in [5.74, 6) is -4.16. The Labute approximate surface area is 186 Å². The second kappa shape index (κ2) is 13.1. The number of carboxylic acids is 1. The molecule has 3 unspecified atom stereocenters. The van der Waals surface area contributed by atoms with Crippen molar-refractivity contribution in [3.8, 4) is 0 Å². The molecule has 176 valence electrons. The smallest absolute Gasteiger partial charge is 0.322 e. The highest BCUT2D eigenvalue weighted by molar-refractivity contribution is 5.95. The summed E-state index contributed by atoms with van der Waals surface area (Å²) in [6, 6.07) is 5.54. The van der Waals surface area contributed by atoms with Crippen LogP contribution >= 0.6 is 0 Å². The Bertz CT molecular complexity index is 814. The van der Waals surface area contributed by atoms with Crippen LogP contribution in [0.3, 0.4) is 0 Å². The van der Waals surface area contributed by atoms with Gasteiger partial charge in [-0.3, -0.25) is 24.0 Å². The van der Waals surface area contributed by atoms with Crippen LogP contribution in [0.25, 0.3) is 0 Å². The summed E-state index contributed by atoms with van der Waals surface area (Å²) >= 11 is 0. The third-order valence-electron chi connectivity index (χ3n) is 4.43. The summed E-state index contributed by atoms with van der Waals surface area (Å²) in [6.07, 6.45) is -0.0314. The summed E-state index contributed by atoms with van der Waals surface area (Å²) in [7, 11) is 0. The minimum absolute atomic E-state index is 0.104. The standard InChI is InChI=1S/C21H31N5O6/c1-12(2)8-14(22)19(30)25-15(9-13-6-4-3-5-7-13)21(32)26-16(10-17(23)27)20(31)24-11-18(28)29/h3-7,12,14-16H,8-11,22H2,1-2H3,(H2,23,27)(H,24,31)(H,25,30)(H,26,32)(H,28,29). The van der Waals surface area contributed by atoms with Crippen LogP contribution in [0.1, 0.15) is 32.3 Å². The first kappa shape index (κ1) is 26.6. The molecule has 1 rings (SSSR count). The first-order valence-corrected chi connectivity index (χ1v) is 10.2. The van der Waals surface area contributed by atoms with Crippen LogP contribution < -0.4 is 27.4 Å². The lowest BCUT2D eigenvalue weighted by Crippen LogP contribution is -2.57. The van der Waals surface area contributed by atoms with Crippen LogP contribution in [0, 0.1) is 5.92 Å². The molecule has 0 aliphatic carbocycles. The minimum atomic E-state index is -1.40. The van der Waals surface area contributed by atoms with Crippen LogP contribution in [0.2, 0.25) is 0 Å². The molecule has 0 fully saturated rings. The molecule has 0 saturated heterocycles. The number of carboxylic acid groups (broad SMARTS) is 1. The predicted octanol–water partition coefficient (Wildman–Crippen LogP) is -1.35. The molecule has 11 heteroatoms. The van der Waals surface area contributed by atoms with E-state index >= 15 is 0 Å². The van der Waals surface area contributed by atoms with E-state index in [4.69, 9.17) is 16.6 Å². The van der Waals surface area contributed by atoms with E-state index in [2.05, 4.69) is 16.0 Å². The van der Waals surface area contributed by atoms with Gasteiger partial charge >= 0.3 is 5.97 Å². The lowest BCUT2D eigenvalue weighted by molar-refractivity contribution is -0.138. The Kier molecular flexibility index (Phi) is 10.8. The molecule has 0 aliphatic heterocycles. The van der Waals surface area contributed by atoms with Crippen molar-refractivity contribution in [1.29, 1.82) is 0 Å². The first-order chi connectivity index (χ1) is 15.0. The lowest BCUT2D eigenvalue weighted by Gasteiger charge is -2.24. The molecule has 0 radical (unpaired) electrons. The number of nitrogens with one attached hydrogen (secondary N) is 3. The molecule has 0 heterocycles. The molecule has 0 aliphatic rings. The zero-order valence-electron chi connectivity index (χ0n) is 18.2. The van der Waals surface area contributed by atoms with Crippen molar-refractivity contribution in [2.45, 2.75) is 51.2 Å². The summed E-state index contributed by atoms with van der Waals surface area (Å²) in [4.78, 5) is 59.8. The topological polar surface area (TPSA) is 194 Å². The molecule has 0 saturated carbocycles. The van der Waals surface area contributed by atoms with Gasteiger partial charge in [-0.1, -0.05) is 44.2 Å². The van der Waals surface area contributed by atoms with Crippen molar-refractivity contribution in [1.82, 2.24) is 16.0 Å². The molecule has 1 aromatic rings. The number of carbonyl (C=O) groups excluding carboxylic acids is 4. The fourth-order valence-corrected chi connectivity index (χ4v) is 2.92. The molecule has 11 nitrogen and oxygen atoms in total. The maximum atomic E-state index is 12.9. The molecule has 3 atom stereocenters. The average Bonchev–Trinajstić information content (AvgIpc) is 2.70. The van der Waals surface area contributed by atoms with Crippen molar-refractivity contribution in [3.63, 3.8) is 0 Å². The largest absolute Gasteiger partial charge is 0.480 e. The predicted molar refractivity (Wildman–Crippen MR) is 116 cm³/mol. The molecule has 0 aromatic heterocycles. The Balaban J connectivity index is 3.01. The number of aliphatic carboxylic acids is 1. The normalized spacial score (nSPS) is 13.5. The van der Waals surface area contributed by atoms with Gasteiger partial charge in [0.2, 0.25) is 23.6 Å². The van der Waals surface area contributed by atoms with Gasteiger partial charge in [0, 0.05) is 6.42 Å². The van der Waals surface area contributed by atoms with Gasteiger partial charge in [0.05, 0.1) is 12.5 Å². The van der Waals surface area contributed by atoms with Gasteiger partial charge in [0.25, 0.3) is 0 Å². The van der Waals surface area contributed by atoms with Crippen LogP contribution in [0.5, 0.6) is 0 Å². The van der Waals surface area contributed by atoms with E-state index in [1.807, 2.05) is 13.8 Å². The third kappa shape index (κ3) is 10.0. The van der Waals surface area contributed by atoms with Crippen molar-refractivity contribution in [2.24, 2.45) is 17.4 Å². The summed E-state index contributed by atoms with van der Waals surface area (Å²) in [5.41, 5.74) is 11.8. The maximum Gasteiger partial charge on any atom is 0.322 e. The quantitative estimate of drug-likeness (QED) is 0.214. The van der Waals surface area contributed by atoms with Crippen LogP contribution in [-0.2, 0) is 30.4 Å². The zero-order chi connectivity index (χ0) is 24.3. The first-order valence-electron chi connectivity index (χ1n) is 10.2. The van der Waals surface area contributed by atoms with Gasteiger partial charge in [0.1, 0.15) is 18.6 Å². The Morgan fingerprint density at radius 3 is 2.06 bits per heavy atom. The number of hydrogen-bond donors (Lipinski definition) is 6. The molecule has 0 spiro atoms. The second-order valence-electron chi connectivity index (χ2n) is 7.83. The number of benzene rings is 1. The van der Waals surface area contributed by atoms with E-state index in [1.54, 1.807) is 30.3 Å². The van der Waals surface area contributed by atoms with E-state index in [-0.39, 0.29) is 12.3 Å². The minimum Gasteiger partial charge on any atom is -0.480 e. The molecular formula is C21H31N5O6. The highest BCUT2D eigenvalue weighted by Gasteiger charge is 2.29. The molecule has 0 bridgehead atoms. The fourth-order valence-electron chi connectivity index (χ4n) is 2.92. The number of amides is 4. The van der Waals surface area contributed by atoms with Crippen molar-refractivity contribution >= 4 is 29.6 Å². The van der Waals surface area contributed by atoms with Gasteiger partial charge < -0.3 is 32.5 Å². The number of hydrogen-bond acceptors (Lipinski definition) is 6. The Hall–Kier alpha value is -3.47. The maximum absolute atomic E-state index is 12.9. The van der Waals surface area contributed by atoms with E-state index in [9.17, 15) is 24.0 Å².